The van der Waals surface area contributed by atoms with E-state index in [-0.39, 0.29) is 0 Å². The van der Waals surface area contributed by atoms with E-state index >= 15 is 0 Å². The third-order valence-electron chi connectivity index (χ3n) is 0.948. The molecule has 0 radical (unpaired) electrons. The van der Waals surface area contributed by atoms with Gasteiger partial charge in [0.1, 0.15) is 10.8 Å². The molecule has 0 saturated heterocycles. The van der Waals surface area contributed by atoms with Crippen molar-refractivity contribution < 1.29 is 14.3 Å². The minimum absolute atomic E-state index is 0.317. The van der Waals surface area contributed by atoms with E-state index in [1.807, 2.05) is 0 Å². The van der Waals surface area contributed by atoms with E-state index in [1.54, 1.807) is 12.1 Å². The number of aliphatic carboxylic acids is 1. The summed E-state index contributed by atoms with van der Waals surface area (Å²) in [5.41, 5.74) is 0.782. The van der Waals surface area contributed by atoms with E-state index in [4.69, 9.17) is 9.52 Å². The molecule has 0 amide bonds. The Balaban J connectivity index is 3.18. The van der Waals surface area contributed by atoms with Crippen LogP contribution in [0.4, 0.5) is 0 Å². The zero-order valence-electron chi connectivity index (χ0n) is 5.20. The van der Waals surface area contributed by atoms with Gasteiger partial charge in [-0.1, -0.05) is 6.58 Å². The van der Waals surface area contributed by atoms with Crippen molar-refractivity contribution in [2.45, 2.75) is 0 Å². The van der Waals surface area contributed by atoms with Gasteiger partial charge in [0, 0.05) is 0 Å². The smallest absolute Gasteiger partial charge is 0.332 e. The highest BCUT2D eigenvalue weighted by molar-refractivity contribution is 5.97. The van der Waals surface area contributed by atoms with E-state index in [0.29, 0.717) is 10.8 Å². The van der Waals surface area contributed by atoms with Crippen LogP contribution in [0.3, 0.4) is 0 Å². The molecule has 1 rings (SSSR count). The van der Waals surface area contributed by atoms with Gasteiger partial charge in [-0.25, -0.2) is 4.79 Å². The molecule has 0 atom stereocenters. The molecule has 1 heterocycles. The highest BCUT2D eigenvalue weighted by Crippen LogP contribution is 1.68. The molecular formula is C7H6O3. The second-order valence-corrected chi connectivity index (χ2v) is 1.79. The van der Waals surface area contributed by atoms with Gasteiger partial charge in [-0.2, -0.15) is 0 Å². The summed E-state index contributed by atoms with van der Waals surface area (Å²) in [7, 11) is 0. The van der Waals surface area contributed by atoms with E-state index in [9.17, 15) is 4.79 Å². The van der Waals surface area contributed by atoms with Crippen molar-refractivity contribution in [1.29, 1.82) is 0 Å². The second kappa shape index (κ2) is 2.39. The minimum atomic E-state index is -1.02. The molecule has 0 aliphatic heterocycles. The van der Waals surface area contributed by atoms with Gasteiger partial charge in [0.05, 0.1) is 6.08 Å². The average molecular weight is 138 g/mol. The topological polar surface area (TPSA) is 50.4 Å². The van der Waals surface area contributed by atoms with Crippen molar-refractivity contribution >= 4 is 18.6 Å². The molecule has 3 nitrogen and oxygen atoms in total. The van der Waals surface area contributed by atoms with Crippen molar-refractivity contribution in [1.82, 2.24) is 0 Å². The molecule has 0 unspecified atom stereocenters. The van der Waals surface area contributed by atoms with E-state index in [0.717, 1.165) is 6.08 Å². The van der Waals surface area contributed by atoms with Crippen LogP contribution in [0.2, 0.25) is 0 Å². The van der Waals surface area contributed by atoms with Crippen LogP contribution >= 0.6 is 0 Å². The van der Waals surface area contributed by atoms with Gasteiger partial charge in [0.15, 0.2) is 0 Å². The third-order valence-corrected chi connectivity index (χ3v) is 0.948. The molecule has 0 aliphatic carbocycles. The molecule has 1 aromatic heterocycles. The van der Waals surface area contributed by atoms with Crippen LogP contribution in [0.5, 0.6) is 0 Å². The Hall–Kier alpha value is -1.51. The Morgan fingerprint density at radius 2 is 2.40 bits per heavy atom. The SMILES string of the molecule is C=c1cc/c(=C/C(=O)O)o1. The molecule has 0 aliphatic rings. The Labute approximate surface area is 56.9 Å². The van der Waals surface area contributed by atoms with E-state index in [1.165, 1.54) is 0 Å². The first kappa shape index (κ1) is 6.61. The highest BCUT2D eigenvalue weighted by Gasteiger charge is 1.88. The first-order valence-corrected chi connectivity index (χ1v) is 2.68. The molecule has 0 fully saturated rings. The van der Waals surface area contributed by atoms with Crippen LogP contribution in [0.15, 0.2) is 16.5 Å². The van der Waals surface area contributed by atoms with Gasteiger partial charge in [0.2, 0.25) is 0 Å². The lowest BCUT2D eigenvalue weighted by Crippen LogP contribution is -2.01. The number of carbonyl (C=O) groups is 1. The van der Waals surface area contributed by atoms with Crippen LogP contribution in [0.25, 0.3) is 12.7 Å². The minimum Gasteiger partial charge on any atom is -0.478 e. The monoisotopic (exact) mass is 138 g/mol. The van der Waals surface area contributed by atoms with Crippen molar-refractivity contribution in [2.24, 2.45) is 0 Å². The maximum absolute atomic E-state index is 10.0. The van der Waals surface area contributed by atoms with Crippen molar-refractivity contribution in [3.63, 3.8) is 0 Å². The van der Waals surface area contributed by atoms with Gasteiger partial charge in [-0.15, -0.1) is 0 Å². The summed E-state index contributed by atoms with van der Waals surface area (Å²) in [6.07, 6.45) is 0.981. The van der Waals surface area contributed by atoms with Crippen LogP contribution < -0.4 is 10.8 Å². The Morgan fingerprint density at radius 1 is 1.70 bits per heavy atom. The Bertz CT molecular complexity index is 334. The van der Waals surface area contributed by atoms with Crippen LogP contribution in [0.1, 0.15) is 0 Å². The van der Waals surface area contributed by atoms with Crippen LogP contribution in [-0.2, 0) is 4.79 Å². The summed E-state index contributed by atoms with van der Waals surface area (Å²) >= 11 is 0. The number of rotatable bonds is 1. The number of carboxylic acids is 1. The second-order valence-electron chi connectivity index (χ2n) is 1.79. The Morgan fingerprint density at radius 3 is 2.80 bits per heavy atom. The summed E-state index contributed by atoms with van der Waals surface area (Å²) < 4.78 is 4.85. The number of hydrogen-bond acceptors (Lipinski definition) is 2. The Kier molecular flexibility index (Phi) is 1.58. The molecule has 52 valence electrons. The van der Waals surface area contributed by atoms with Crippen LogP contribution in [-0.4, -0.2) is 11.1 Å². The quantitative estimate of drug-likeness (QED) is 0.572. The normalized spacial score (nSPS) is 11.8. The standard InChI is InChI=1S/C7H6O3/c1-5-2-3-6(10-5)4-7(8)9/h2-4H,1H2,(H,8,9)/b6-4-. The van der Waals surface area contributed by atoms with Gasteiger partial charge < -0.3 is 9.52 Å². The van der Waals surface area contributed by atoms with E-state index in [2.05, 4.69) is 6.58 Å². The summed E-state index contributed by atoms with van der Waals surface area (Å²) in [6.45, 7) is 3.47. The summed E-state index contributed by atoms with van der Waals surface area (Å²) in [4.78, 5) is 10.0. The fourth-order valence-corrected chi connectivity index (χ4v) is 0.594. The molecule has 1 aromatic rings. The number of carboxylic acid groups (broad SMARTS) is 1. The predicted octanol–water partition coefficient (Wildman–Crippen LogP) is -0.445. The molecule has 0 spiro atoms. The molecule has 0 bridgehead atoms. The van der Waals surface area contributed by atoms with Gasteiger partial charge in [-0.05, 0) is 12.1 Å². The van der Waals surface area contributed by atoms with E-state index < -0.39 is 5.97 Å². The predicted molar refractivity (Wildman–Crippen MR) is 35.6 cm³/mol. The molecule has 10 heavy (non-hydrogen) atoms. The first-order chi connectivity index (χ1) is 4.68. The van der Waals surface area contributed by atoms with Crippen molar-refractivity contribution in [2.75, 3.05) is 0 Å². The average Bonchev–Trinajstić information content (AvgIpc) is 2.13. The molecule has 1 N–H and O–H groups in total. The van der Waals surface area contributed by atoms with Gasteiger partial charge in [-0.3, -0.25) is 0 Å². The summed E-state index contributed by atoms with van der Waals surface area (Å²) in [5, 5.41) is 8.24. The zero-order valence-corrected chi connectivity index (χ0v) is 5.20. The number of hydrogen-bond donors (Lipinski definition) is 1. The fourth-order valence-electron chi connectivity index (χ4n) is 0.594. The lowest BCUT2D eigenvalue weighted by Gasteiger charge is -1.73. The highest BCUT2D eigenvalue weighted by atomic mass is 16.4. The molecule has 3 heteroatoms. The summed E-state index contributed by atoms with van der Waals surface area (Å²) in [5.74, 6) is -1.02. The fraction of sp³-hybridized carbons (Fsp3) is 0. The third kappa shape index (κ3) is 1.48. The molecule has 0 saturated carbocycles. The van der Waals surface area contributed by atoms with Crippen LogP contribution in [0, 0.1) is 0 Å². The number of furan rings is 1. The zero-order chi connectivity index (χ0) is 7.56. The summed E-state index contributed by atoms with van der Waals surface area (Å²) in [6, 6.07) is 3.16. The largest absolute Gasteiger partial charge is 0.478 e. The van der Waals surface area contributed by atoms with Gasteiger partial charge in [0.25, 0.3) is 0 Å². The van der Waals surface area contributed by atoms with Crippen molar-refractivity contribution in [3.05, 3.63) is 23.0 Å². The lowest BCUT2D eigenvalue weighted by molar-refractivity contribution is -0.129. The maximum atomic E-state index is 10.0. The maximum Gasteiger partial charge on any atom is 0.332 e. The van der Waals surface area contributed by atoms with Crippen molar-refractivity contribution in [3.8, 4) is 0 Å². The van der Waals surface area contributed by atoms with Gasteiger partial charge >= 0.3 is 5.97 Å². The molecular weight excluding hydrogens is 132 g/mol. The first-order valence-electron chi connectivity index (χ1n) is 2.68. The lowest BCUT2D eigenvalue weighted by atomic mass is 10.5. The molecule has 0 aromatic carbocycles.